The molecule has 0 atom stereocenters. The third kappa shape index (κ3) is 4.32. The van der Waals surface area contributed by atoms with Gasteiger partial charge in [0.15, 0.2) is 11.5 Å². The Morgan fingerprint density at radius 2 is 1.86 bits per heavy atom. The Morgan fingerprint density at radius 1 is 1.04 bits per heavy atom. The summed E-state index contributed by atoms with van der Waals surface area (Å²) >= 11 is 0. The summed E-state index contributed by atoms with van der Waals surface area (Å²) in [4.78, 5) is 11.0. The average Bonchev–Trinajstić information content (AvgIpc) is 2.75. The van der Waals surface area contributed by atoms with Gasteiger partial charge in [-0.3, -0.25) is 4.90 Å². The monoisotopic (exact) mass is 381 g/mol. The van der Waals surface area contributed by atoms with E-state index in [0.29, 0.717) is 29.7 Å². The molecule has 28 heavy (non-hydrogen) atoms. The van der Waals surface area contributed by atoms with Gasteiger partial charge in [-0.15, -0.1) is 0 Å². The van der Waals surface area contributed by atoms with Crippen LogP contribution < -0.4 is 14.2 Å². The molecular formula is C21H23N3O4. The standard InChI is InChI=1S/C21H23N3O4/c1-25-19-13-17-18(14-20(19)27-12-9-24-7-10-26-11-8-24)22-15-23-21(17)28-16-5-3-2-4-6-16/h2-6,13-15H,7-12H2,1H3. The number of ether oxygens (including phenoxy) is 4. The first kappa shape index (κ1) is 18.5. The zero-order valence-corrected chi connectivity index (χ0v) is 15.8. The molecule has 0 amide bonds. The van der Waals surface area contributed by atoms with Gasteiger partial charge in [-0.1, -0.05) is 18.2 Å². The maximum absolute atomic E-state index is 5.99. The lowest BCUT2D eigenvalue weighted by atomic mass is 10.2. The highest BCUT2D eigenvalue weighted by molar-refractivity contribution is 5.87. The van der Waals surface area contributed by atoms with E-state index < -0.39 is 0 Å². The fraction of sp³-hybridized carbons (Fsp3) is 0.333. The van der Waals surface area contributed by atoms with E-state index in [9.17, 15) is 0 Å². The Kier molecular flexibility index (Phi) is 5.84. The highest BCUT2D eigenvalue weighted by atomic mass is 16.5. The number of hydrogen-bond acceptors (Lipinski definition) is 7. The van der Waals surface area contributed by atoms with Gasteiger partial charge in [-0.2, -0.15) is 0 Å². The number of benzene rings is 2. The van der Waals surface area contributed by atoms with Gasteiger partial charge in [-0.25, -0.2) is 9.97 Å². The van der Waals surface area contributed by atoms with Crippen LogP contribution in [-0.2, 0) is 4.74 Å². The van der Waals surface area contributed by atoms with Crippen LogP contribution in [0.1, 0.15) is 0 Å². The molecule has 0 saturated carbocycles. The molecule has 0 spiro atoms. The van der Waals surface area contributed by atoms with Gasteiger partial charge >= 0.3 is 0 Å². The summed E-state index contributed by atoms with van der Waals surface area (Å²) in [6.45, 7) is 4.84. The van der Waals surface area contributed by atoms with Gasteiger partial charge in [0.2, 0.25) is 5.88 Å². The number of nitrogens with zero attached hydrogens (tertiary/aromatic N) is 3. The lowest BCUT2D eigenvalue weighted by molar-refractivity contribution is 0.0321. The van der Waals surface area contributed by atoms with Crippen LogP contribution in [-0.4, -0.2) is 61.4 Å². The number of morpholine rings is 1. The summed E-state index contributed by atoms with van der Waals surface area (Å²) < 4.78 is 22.8. The Hall–Kier alpha value is -2.90. The van der Waals surface area contributed by atoms with Gasteiger partial charge in [0.1, 0.15) is 18.7 Å². The van der Waals surface area contributed by atoms with Crippen LogP contribution in [0.4, 0.5) is 0 Å². The van der Waals surface area contributed by atoms with Crippen LogP contribution >= 0.6 is 0 Å². The summed E-state index contributed by atoms with van der Waals surface area (Å²) in [5, 5.41) is 0.767. The van der Waals surface area contributed by atoms with Gasteiger partial charge < -0.3 is 18.9 Å². The Balaban J connectivity index is 1.53. The van der Waals surface area contributed by atoms with Gasteiger partial charge in [-0.05, 0) is 18.2 Å². The fourth-order valence-electron chi connectivity index (χ4n) is 3.10. The molecule has 0 bridgehead atoms. The highest BCUT2D eigenvalue weighted by Gasteiger charge is 2.14. The lowest BCUT2D eigenvalue weighted by Gasteiger charge is -2.26. The molecule has 1 aromatic heterocycles. The second-order valence-corrected chi connectivity index (χ2v) is 6.42. The van der Waals surface area contributed by atoms with Crippen molar-refractivity contribution in [3.05, 3.63) is 48.8 Å². The molecule has 2 aromatic carbocycles. The minimum atomic E-state index is 0.481. The third-order valence-corrected chi connectivity index (χ3v) is 4.61. The lowest BCUT2D eigenvalue weighted by Crippen LogP contribution is -2.38. The third-order valence-electron chi connectivity index (χ3n) is 4.61. The minimum Gasteiger partial charge on any atom is -0.493 e. The maximum atomic E-state index is 5.99. The molecule has 3 aromatic rings. The topological polar surface area (TPSA) is 65.9 Å². The second-order valence-electron chi connectivity index (χ2n) is 6.42. The van der Waals surface area contributed by atoms with Crippen molar-refractivity contribution in [2.45, 2.75) is 0 Å². The largest absolute Gasteiger partial charge is 0.493 e. The normalized spacial score (nSPS) is 14.8. The van der Waals surface area contributed by atoms with Gasteiger partial charge in [0.05, 0.1) is 31.2 Å². The van der Waals surface area contributed by atoms with Crippen LogP contribution in [0.2, 0.25) is 0 Å². The van der Waals surface area contributed by atoms with Crippen molar-refractivity contribution in [2.75, 3.05) is 46.6 Å². The van der Waals surface area contributed by atoms with Crippen LogP contribution in [0.15, 0.2) is 48.8 Å². The molecule has 2 heterocycles. The molecular weight excluding hydrogens is 358 g/mol. The molecule has 0 radical (unpaired) electrons. The SMILES string of the molecule is COc1cc2c(Oc3ccccc3)ncnc2cc1OCCN1CCOCC1. The molecule has 4 rings (SSSR count). The summed E-state index contributed by atoms with van der Waals surface area (Å²) in [6.07, 6.45) is 1.49. The van der Waals surface area contributed by atoms with E-state index in [1.165, 1.54) is 6.33 Å². The molecule has 0 unspecified atom stereocenters. The van der Waals surface area contributed by atoms with E-state index in [2.05, 4.69) is 14.9 Å². The number of rotatable bonds is 7. The number of aromatic nitrogens is 2. The van der Waals surface area contributed by atoms with Crippen molar-refractivity contribution in [2.24, 2.45) is 0 Å². The number of hydrogen-bond donors (Lipinski definition) is 0. The van der Waals surface area contributed by atoms with E-state index >= 15 is 0 Å². The van der Waals surface area contributed by atoms with E-state index in [4.69, 9.17) is 18.9 Å². The first-order chi connectivity index (χ1) is 13.8. The van der Waals surface area contributed by atoms with Crippen molar-refractivity contribution in [3.8, 4) is 23.1 Å². The van der Waals surface area contributed by atoms with Crippen LogP contribution in [0.3, 0.4) is 0 Å². The Morgan fingerprint density at radius 3 is 2.64 bits per heavy atom. The quantitative estimate of drug-likeness (QED) is 0.623. The first-order valence-corrected chi connectivity index (χ1v) is 9.32. The molecule has 0 N–H and O–H groups in total. The van der Waals surface area contributed by atoms with E-state index in [0.717, 1.165) is 43.8 Å². The van der Waals surface area contributed by atoms with E-state index in [1.54, 1.807) is 7.11 Å². The predicted octanol–water partition coefficient (Wildman–Crippen LogP) is 3.14. The molecule has 1 saturated heterocycles. The summed E-state index contributed by atoms with van der Waals surface area (Å²) in [6, 6.07) is 13.3. The van der Waals surface area contributed by atoms with E-state index in [1.807, 2.05) is 42.5 Å². The van der Waals surface area contributed by atoms with Crippen LogP contribution in [0.5, 0.6) is 23.1 Å². The van der Waals surface area contributed by atoms with Crippen molar-refractivity contribution < 1.29 is 18.9 Å². The number of methoxy groups -OCH3 is 1. The molecule has 146 valence electrons. The van der Waals surface area contributed by atoms with Crippen molar-refractivity contribution in [3.63, 3.8) is 0 Å². The molecule has 1 fully saturated rings. The van der Waals surface area contributed by atoms with E-state index in [-0.39, 0.29) is 0 Å². The summed E-state index contributed by atoms with van der Waals surface area (Å²) in [7, 11) is 1.62. The van der Waals surface area contributed by atoms with Crippen molar-refractivity contribution in [1.29, 1.82) is 0 Å². The Bertz CT molecular complexity index is 914. The zero-order chi connectivity index (χ0) is 19.2. The van der Waals surface area contributed by atoms with Crippen LogP contribution in [0.25, 0.3) is 10.9 Å². The summed E-state index contributed by atoms with van der Waals surface area (Å²) in [5.41, 5.74) is 0.739. The highest BCUT2D eigenvalue weighted by Crippen LogP contribution is 2.35. The minimum absolute atomic E-state index is 0.481. The molecule has 1 aliphatic heterocycles. The van der Waals surface area contributed by atoms with Crippen LogP contribution in [0, 0.1) is 0 Å². The number of fused-ring (bicyclic) bond motifs is 1. The second kappa shape index (κ2) is 8.86. The maximum Gasteiger partial charge on any atom is 0.230 e. The molecule has 1 aliphatic rings. The molecule has 7 heteroatoms. The Labute approximate surface area is 163 Å². The fourth-order valence-corrected chi connectivity index (χ4v) is 3.10. The zero-order valence-electron chi connectivity index (χ0n) is 15.8. The molecule has 7 nitrogen and oxygen atoms in total. The number of para-hydroxylation sites is 1. The van der Waals surface area contributed by atoms with Gasteiger partial charge in [0.25, 0.3) is 0 Å². The smallest absolute Gasteiger partial charge is 0.230 e. The van der Waals surface area contributed by atoms with Crippen molar-refractivity contribution in [1.82, 2.24) is 14.9 Å². The van der Waals surface area contributed by atoms with Gasteiger partial charge in [0, 0.05) is 25.7 Å². The molecule has 0 aliphatic carbocycles. The predicted molar refractivity (Wildman–Crippen MR) is 105 cm³/mol. The van der Waals surface area contributed by atoms with Crippen molar-refractivity contribution >= 4 is 10.9 Å². The summed E-state index contributed by atoms with van der Waals surface area (Å²) in [5.74, 6) is 2.48. The first-order valence-electron chi connectivity index (χ1n) is 9.32. The average molecular weight is 381 g/mol.